The van der Waals surface area contributed by atoms with Crippen molar-refractivity contribution in [3.63, 3.8) is 0 Å². The molecule has 0 unspecified atom stereocenters. The fourth-order valence-corrected chi connectivity index (χ4v) is 1.59. The van der Waals surface area contributed by atoms with E-state index >= 15 is 0 Å². The maximum atomic E-state index is 11.8. The van der Waals surface area contributed by atoms with Crippen LogP contribution >= 0.6 is 11.6 Å². The molecule has 0 saturated heterocycles. The summed E-state index contributed by atoms with van der Waals surface area (Å²) in [6.07, 6.45) is 0. The number of hydrazone groups is 1. The number of aryl methyl sites for hydroxylation is 1. The zero-order valence-corrected chi connectivity index (χ0v) is 11.7. The van der Waals surface area contributed by atoms with Crippen molar-refractivity contribution >= 4 is 34.1 Å². The van der Waals surface area contributed by atoms with Crippen LogP contribution < -0.4 is 10.7 Å². The Morgan fingerprint density at radius 1 is 1.00 bits per heavy atom. The van der Waals surface area contributed by atoms with Gasteiger partial charge in [0, 0.05) is 5.69 Å². The second-order valence-corrected chi connectivity index (χ2v) is 4.56. The van der Waals surface area contributed by atoms with Gasteiger partial charge in [0.15, 0.2) is 0 Å². The second kappa shape index (κ2) is 6.73. The topological polar surface area (TPSA) is 53.5 Å². The van der Waals surface area contributed by atoms with E-state index in [1.54, 1.807) is 12.1 Å². The van der Waals surface area contributed by atoms with Crippen LogP contribution in [0.25, 0.3) is 0 Å². The molecule has 0 saturated carbocycles. The SMILES string of the molecule is Cc1ccc(N/N=C(\Cl)C(=O)Nc2ccccc2)cc1. The number of anilines is 2. The van der Waals surface area contributed by atoms with Crippen molar-refractivity contribution in [2.75, 3.05) is 10.7 Å². The monoisotopic (exact) mass is 287 g/mol. The van der Waals surface area contributed by atoms with Crippen molar-refractivity contribution in [2.45, 2.75) is 6.92 Å². The molecule has 0 aromatic heterocycles. The van der Waals surface area contributed by atoms with Crippen LogP contribution in [0.4, 0.5) is 11.4 Å². The number of nitrogens with one attached hydrogen (secondary N) is 2. The van der Waals surface area contributed by atoms with Crippen LogP contribution in [-0.2, 0) is 4.79 Å². The van der Waals surface area contributed by atoms with Crippen molar-refractivity contribution in [2.24, 2.45) is 5.10 Å². The van der Waals surface area contributed by atoms with E-state index in [1.807, 2.05) is 49.4 Å². The highest BCUT2D eigenvalue weighted by Crippen LogP contribution is 2.09. The lowest BCUT2D eigenvalue weighted by atomic mass is 10.2. The molecule has 20 heavy (non-hydrogen) atoms. The summed E-state index contributed by atoms with van der Waals surface area (Å²) in [5, 5.41) is 6.33. The first-order valence-corrected chi connectivity index (χ1v) is 6.45. The number of carbonyl (C=O) groups excluding carboxylic acids is 1. The summed E-state index contributed by atoms with van der Waals surface area (Å²) in [6.45, 7) is 1.99. The van der Waals surface area contributed by atoms with Gasteiger partial charge >= 0.3 is 0 Å². The van der Waals surface area contributed by atoms with Gasteiger partial charge in [-0.25, -0.2) is 0 Å². The van der Waals surface area contributed by atoms with Crippen LogP contribution in [0, 0.1) is 6.92 Å². The molecular formula is C15H14ClN3O. The van der Waals surface area contributed by atoms with Gasteiger partial charge in [0.2, 0.25) is 5.17 Å². The predicted molar refractivity (Wildman–Crippen MR) is 83.2 cm³/mol. The van der Waals surface area contributed by atoms with Crippen LogP contribution in [0.15, 0.2) is 59.7 Å². The van der Waals surface area contributed by atoms with E-state index in [-0.39, 0.29) is 5.17 Å². The van der Waals surface area contributed by atoms with Gasteiger partial charge in [-0.2, -0.15) is 5.10 Å². The lowest BCUT2D eigenvalue weighted by Gasteiger charge is -2.04. The van der Waals surface area contributed by atoms with Crippen molar-refractivity contribution in [3.8, 4) is 0 Å². The lowest BCUT2D eigenvalue weighted by molar-refractivity contribution is -0.110. The van der Waals surface area contributed by atoms with Crippen molar-refractivity contribution in [1.29, 1.82) is 0 Å². The number of amides is 1. The second-order valence-electron chi connectivity index (χ2n) is 4.20. The molecule has 2 aromatic rings. The fraction of sp³-hybridized carbons (Fsp3) is 0.0667. The smallest absolute Gasteiger partial charge is 0.287 e. The van der Waals surface area contributed by atoms with Gasteiger partial charge in [-0.15, -0.1) is 0 Å². The van der Waals surface area contributed by atoms with E-state index in [9.17, 15) is 4.79 Å². The van der Waals surface area contributed by atoms with Crippen LogP contribution in [0.3, 0.4) is 0 Å². The number of benzene rings is 2. The van der Waals surface area contributed by atoms with Crippen molar-refractivity contribution in [3.05, 3.63) is 60.2 Å². The molecule has 0 aliphatic rings. The van der Waals surface area contributed by atoms with Gasteiger partial charge in [0.1, 0.15) is 0 Å². The molecule has 0 spiro atoms. The number of carbonyl (C=O) groups is 1. The minimum absolute atomic E-state index is 0.158. The summed E-state index contributed by atoms with van der Waals surface area (Å²) in [5.74, 6) is -0.461. The molecule has 102 valence electrons. The van der Waals surface area contributed by atoms with E-state index in [2.05, 4.69) is 15.8 Å². The predicted octanol–water partition coefficient (Wildman–Crippen LogP) is 3.60. The van der Waals surface area contributed by atoms with Gasteiger partial charge in [-0.05, 0) is 31.2 Å². The van der Waals surface area contributed by atoms with Gasteiger partial charge < -0.3 is 5.32 Å². The Morgan fingerprint density at radius 2 is 1.65 bits per heavy atom. The molecule has 2 aromatic carbocycles. The zero-order chi connectivity index (χ0) is 14.4. The molecule has 2 rings (SSSR count). The standard InChI is InChI=1S/C15H14ClN3O/c1-11-7-9-13(10-8-11)18-19-14(16)15(20)17-12-5-3-2-4-6-12/h2-10,18H,1H3,(H,17,20)/b19-14-. The largest absolute Gasteiger partial charge is 0.320 e. The Labute approximate surface area is 122 Å². The maximum Gasteiger partial charge on any atom is 0.287 e. The molecule has 0 bridgehead atoms. The minimum atomic E-state index is -0.461. The van der Waals surface area contributed by atoms with E-state index in [0.717, 1.165) is 11.3 Å². The summed E-state index contributed by atoms with van der Waals surface area (Å²) < 4.78 is 0. The van der Waals surface area contributed by atoms with Crippen LogP contribution in [0.1, 0.15) is 5.56 Å². The Bertz CT molecular complexity index is 609. The third-order valence-corrected chi connectivity index (χ3v) is 2.81. The van der Waals surface area contributed by atoms with E-state index in [1.165, 1.54) is 0 Å². The number of rotatable bonds is 4. The van der Waals surface area contributed by atoms with Crippen molar-refractivity contribution < 1.29 is 4.79 Å². The highest BCUT2D eigenvalue weighted by molar-refractivity contribution is 6.84. The lowest BCUT2D eigenvalue weighted by Crippen LogP contribution is -2.19. The van der Waals surface area contributed by atoms with Gasteiger partial charge in [0.25, 0.3) is 5.91 Å². The summed E-state index contributed by atoms with van der Waals surface area (Å²) >= 11 is 5.84. The van der Waals surface area contributed by atoms with Gasteiger partial charge in [-0.1, -0.05) is 47.5 Å². The van der Waals surface area contributed by atoms with E-state index in [0.29, 0.717) is 5.69 Å². The number of nitrogens with zero attached hydrogens (tertiary/aromatic N) is 1. The third kappa shape index (κ3) is 4.10. The third-order valence-electron chi connectivity index (χ3n) is 2.55. The first-order valence-electron chi connectivity index (χ1n) is 6.07. The molecule has 2 N–H and O–H groups in total. The van der Waals surface area contributed by atoms with Crippen LogP contribution in [0.5, 0.6) is 0 Å². The number of hydrogen-bond acceptors (Lipinski definition) is 3. The molecular weight excluding hydrogens is 274 g/mol. The van der Waals surface area contributed by atoms with Crippen LogP contribution in [-0.4, -0.2) is 11.1 Å². The van der Waals surface area contributed by atoms with E-state index < -0.39 is 5.91 Å². The zero-order valence-electron chi connectivity index (χ0n) is 10.9. The molecule has 0 aliphatic carbocycles. The molecule has 0 heterocycles. The summed E-state index contributed by atoms with van der Waals surface area (Å²) in [5.41, 5.74) is 5.31. The molecule has 5 heteroatoms. The summed E-state index contributed by atoms with van der Waals surface area (Å²) in [7, 11) is 0. The Hall–Kier alpha value is -2.33. The Balaban J connectivity index is 1.96. The maximum absolute atomic E-state index is 11.8. The van der Waals surface area contributed by atoms with Gasteiger partial charge in [0.05, 0.1) is 5.69 Å². The number of hydrogen-bond donors (Lipinski definition) is 2. The highest BCUT2D eigenvalue weighted by Gasteiger charge is 2.08. The summed E-state index contributed by atoms with van der Waals surface area (Å²) in [4.78, 5) is 11.8. The van der Waals surface area contributed by atoms with Gasteiger partial charge in [-0.3, -0.25) is 10.2 Å². The Kier molecular flexibility index (Phi) is 4.74. The number of halogens is 1. The first kappa shape index (κ1) is 14.1. The fourth-order valence-electron chi connectivity index (χ4n) is 1.50. The minimum Gasteiger partial charge on any atom is -0.320 e. The molecule has 4 nitrogen and oxygen atoms in total. The van der Waals surface area contributed by atoms with Crippen molar-refractivity contribution in [1.82, 2.24) is 0 Å². The van der Waals surface area contributed by atoms with E-state index in [4.69, 9.17) is 11.6 Å². The van der Waals surface area contributed by atoms with Crippen LogP contribution in [0.2, 0.25) is 0 Å². The average Bonchev–Trinajstić information content (AvgIpc) is 2.47. The number of para-hydroxylation sites is 1. The Morgan fingerprint density at radius 3 is 2.30 bits per heavy atom. The average molecular weight is 288 g/mol. The quantitative estimate of drug-likeness (QED) is 0.667. The first-order chi connectivity index (χ1) is 9.65. The molecule has 0 atom stereocenters. The molecule has 0 fully saturated rings. The molecule has 0 aliphatic heterocycles. The summed E-state index contributed by atoms with van der Waals surface area (Å²) in [6, 6.07) is 16.7. The molecule has 0 radical (unpaired) electrons. The normalized spacial score (nSPS) is 11.0. The highest BCUT2D eigenvalue weighted by atomic mass is 35.5. The molecule has 1 amide bonds.